The lowest BCUT2D eigenvalue weighted by atomic mass is 9.73. The van der Waals surface area contributed by atoms with Gasteiger partial charge in [-0.25, -0.2) is 4.79 Å². The number of hydrogen-bond donors (Lipinski definition) is 2. The van der Waals surface area contributed by atoms with E-state index in [9.17, 15) is 14.7 Å². The first-order chi connectivity index (χ1) is 9.94. The lowest BCUT2D eigenvalue weighted by molar-refractivity contribution is -0.151. The highest BCUT2D eigenvalue weighted by Gasteiger charge is 2.46. The van der Waals surface area contributed by atoms with E-state index in [1.165, 1.54) is 0 Å². The van der Waals surface area contributed by atoms with Crippen molar-refractivity contribution in [1.82, 2.24) is 5.32 Å². The van der Waals surface area contributed by atoms with Crippen LogP contribution in [0.25, 0.3) is 0 Å². The Balaban J connectivity index is 2.08. The number of carbonyl (C=O) groups is 2. The first-order valence-corrected chi connectivity index (χ1v) is 7.61. The van der Waals surface area contributed by atoms with Crippen LogP contribution in [0.1, 0.15) is 38.2 Å². The summed E-state index contributed by atoms with van der Waals surface area (Å²) in [6, 6.07) is 7.00. The third-order valence-electron chi connectivity index (χ3n) is 4.32. The monoisotopic (exact) mass is 309 g/mol. The van der Waals surface area contributed by atoms with Gasteiger partial charge in [0.2, 0.25) is 5.91 Å². The second kappa shape index (κ2) is 6.48. The zero-order chi connectivity index (χ0) is 15.5. The number of nitrogens with one attached hydrogen (secondary N) is 1. The zero-order valence-electron chi connectivity index (χ0n) is 12.1. The molecule has 114 valence electrons. The van der Waals surface area contributed by atoms with Gasteiger partial charge < -0.3 is 10.4 Å². The normalized spacial score (nSPS) is 25.3. The number of rotatable bonds is 4. The second-order valence-electron chi connectivity index (χ2n) is 5.77. The molecule has 1 aromatic carbocycles. The molecule has 2 unspecified atom stereocenters. The van der Waals surface area contributed by atoms with Gasteiger partial charge in [-0.05, 0) is 36.5 Å². The maximum Gasteiger partial charge on any atom is 0.329 e. The van der Waals surface area contributed by atoms with Crippen molar-refractivity contribution < 1.29 is 14.7 Å². The number of benzene rings is 1. The van der Waals surface area contributed by atoms with E-state index in [2.05, 4.69) is 5.32 Å². The number of halogens is 1. The van der Waals surface area contributed by atoms with E-state index in [0.29, 0.717) is 11.4 Å². The Morgan fingerprint density at radius 1 is 1.33 bits per heavy atom. The van der Waals surface area contributed by atoms with Crippen molar-refractivity contribution in [2.75, 3.05) is 0 Å². The van der Waals surface area contributed by atoms with Crippen molar-refractivity contribution in [1.29, 1.82) is 0 Å². The van der Waals surface area contributed by atoms with Gasteiger partial charge in [0.1, 0.15) is 5.54 Å². The quantitative estimate of drug-likeness (QED) is 0.898. The van der Waals surface area contributed by atoms with Crippen molar-refractivity contribution >= 4 is 23.5 Å². The molecular weight excluding hydrogens is 290 g/mol. The fourth-order valence-electron chi connectivity index (χ4n) is 2.98. The number of carbonyl (C=O) groups excluding carboxylic acids is 1. The van der Waals surface area contributed by atoms with Crippen LogP contribution in [0.2, 0.25) is 5.02 Å². The molecule has 1 aromatic rings. The molecule has 1 amide bonds. The Bertz CT molecular complexity index is 529. The van der Waals surface area contributed by atoms with Crippen LogP contribution in [0.4, 0.5) is 0 Å². The van der Waals surface area contributed by atoms with Gasteiger partial charge in [0.25, 0.3) is 0 Å². The number of aliphatic carboxylic acids is 1. The average Bonchev–Trinajstić information content (AvgIpc) is 2.44. The first-order valence-electron chi connectivity index (χ1n) is 7.23. The topological polar surface area (TPSA) is 66.4 Å². The van der Waals surface area contributed by atoms with E-state index in [4.69, 9.17) is 11.6 Å². The number of carboxylic acid groups (broad SMARTS) is 1. The summed E-state index contributed by atoms with van der Waals surface area (Å²) in [6.07, 6.45) is 3.34. The maximum atomic E-state index is 12.2. The van der Waals surface area contributed by atoms with Gasteiger partial charge in [-0.2, -0.15) is 0 Å². The molecule has 4 nitrogen and oxygen atoms in total. The van der Waals surface area contributed by atoms with Crippen molar-refractivity contribution in [2.24, 2.45) is 5.92 Å². The van der Waals surface area contributed by atoms with E-state index in [-0.39, 0.29) is 18.2 Å². The summed E-state index contributed by atoms with van der Waals surface area (Å²) in [5, 5.41) is 13.0. The Labute approximate surface area is 129 Å². The summed E-state index contributed by atoms with van der Waals surface area (Å²) in [4.78, 5) is 23.9. The summed E-state index contributed by atoms with van der Waals surface area (Å²) in [7, 11) is 0. The van der Waals surface area contributed by atoms with Gasteiger partial charge in [-0.15, -0.1) is 0 Å². The van der Waals surface area contributed by atoms with Crippen LogP contribution in [-0.4, -0.2) is 22.5 Å². The predicted molar refractivity (Wildman–Crippen MR) is 81.3 cm³/mol. The van der Waals surface area contributed by atoms with Crippen molar-refractivity contribution in [3.63, 3.8) is 0 Å². The maximum absolute atomic E-state index is 12.2. The molecule has 0 saturated heterocycles. The molecule has 21 heavy (non-hydrogen) atoms. The third-order valence-corrected chi connectivity index (χ3v) is 4.57. The third kappa shape index (κ3) is 3.56. The van der Waals surface area contributed by atoms with E-state index < -0.39 is 11.5 Å². The molecule has 1 fully saturated rings. The number of carboxylic acids is 1. The van der Waals surface area contributed by atoms with Gasteiger partial charge >= 0.3 is 5.97 Å². The summed E-state index contributed by atoms with van der Waals surface area (Å²) in [6.45, 7) is 1.90. The molecule has 0 bridgehead atoms. The predicted octanol–water partition coefficient (Wildman–Crippen LogP) is 3.03. The summed E-state index contributed by atoms with van der Waals surface area (Å²) < 4.78 is 0. The molecular formula is C16H20ClNO3. The lowest BCUT2D eigenvalue weighted by Crippen LogP contribution is -2.60. The van der Waals surface area contributed by atoms with Crippen molar-refractivity contribution in [3.8, 4) is 0 Å². The van der Waals surface area contributed by atoms with E-state index in [0.717, 1.165) is 24.8 Å². The Hall–Kier alpha value is -1.55. The largest absolute Gasteiger partial charge is 0.479 e. The molecule has 0 spiro atoms. The van der Waals surface area contributed by atoms with Crippen LogP contribution < -0.4 is 5.32 Å². The molecule has 5 heteroatoms. The Morgan fingerprint density at radius 3 is 2.57 bits per heavy atom. The van der Waals surface area contributed by atoms with Gasteiger partial charge in [0.15, 0.2) is 0 Å². The molecule has 2 atom stereocenters. The first kappa shape index (κ1) is 15.8. The minimum absolute atomic E-state index is 0.0575. The van der Waals surface area contributed by atoms with E-state index >= 15 is 0 Å². The van der Waals surface area contributed by atoms with Gasteiger partial charge in [0, 0.05) is 5.02 Å². The fraction of sp³-hybridized carbons (Fsp3) is 0.500. The van der Waals surface area contributed by atoms with Crippen LogP contribution >= 0.6 is 11.6 Å². The molecule has 1 aliphatic rings. The Kier molecular flexibility index (Phi) is 4.88. The smallest absolute Gasteiger partial charge is 0.329 e. The molecule has 1 saturated carbocycles. The van der Waals surface area contributed by atoms with Gasteiger partial charge in [-0.1, -0.05) is 43.5 Å². The highest BCUT2D eigenvalue weighted by Crippen LogP contribution is 2.34. The fourth-order valence-corrected chi connectivity index (χ4v) is 3.11. The molecule has 0 heterocycles. The van der Waals surface area contributed by atoms with Crippen LogP contribution in [-0.2, 0) is 16.0 Å². The molecule has 1 aliphatic carbocycles. The second-order valence-corrected chi connectivity index (χ2v) is 6.21. The highest BCUT2D eigenvalue weighted by molar-refractivity contribution is 6.30. The van der Waals surface area contributed by atoms with Crippen LogP contribution in [0, 0.1) is 5.92 Å². The minimum atomic E-state index is -1.12. The summed E-state index contributed by atoms with van der Waals surface area (Å²) >= 11 is 5.81. The minimum Gasteiger partial charge on any atom is -0.479 e. The summed E-state index contributed by atoms with van der Waals surface area (Å²) in [5.74, 6) is -1.24. The Morgan fingerprint density at radius 2 is 2.00 bits per heavy atom. The molecule has 0 aromatic heterocycles. The molecule has 2 N–H and O–H groups in total. The van der Waals surface area contributed by atoms with E-state index in [1.807, 2.05) is 6.92 Å². The molecule has 0 aliphatic heterocycles. The molecule has 0 radical (unpaired) electrons. The zero-order valence-corrected chi connectivity index (χ0v) is 12.8. The van der Waals surface area contributed by atoms with Crippen molar-refractivity contribution in [2.45, 2.75) is 44.6 Å². The standard InChI is InChI=1S/C16H20ClNO3/c1-11-4-2-3-9-16(11,15(20)21)18-14(19)10-12-5-7-13(17)8-6-12/h5-8,11H,2-4,9-10H2,1H3,(H,18,19)(H,20,21). The van der Waals surface area contributed by atoms with Crippen LogP contribution in [0.5, 0.6) is 0 Å². The number of hydrogen-bond acceptors (Lipinski definition) is 2. The van der Waals surface area contributed by atoms with Gasteiger partial charge in [-0.3, -0.25) is 4.79 Å². The van der Waals surface area contributed by atoms with Crippen molar-refractivity contribution in [3.05, 3.63) is 34.9 Å². The average molecular weight is 310 g/mol. The van der Waals surface area contributed by atoms with E-state index in [1.54, 1.807) is 24.3 Å². The van der Waals surface area contributed by atoms with Crippen LogP contribution in [0.3, 0.4) is 0 Å². The lowest BCUT2D eigenvalue weighted by Gasteiger charge is -2.39. The SMILES string of the molecule is CC1CCCCC1(NC(=O)Cc1ccc(Cl)cc1)C(=O)O. The highest BCUT2D eigenvalue weighted by atomic mass is 35.5. The summed E-state index contributed by atoms with van der Waals surface area (Å²) in [5.41, 5.74) is -0.303. The molecule has 2 rings (SSSR count). The number of amides is 1. The van der Waals surface area contributed by atoms with Gasteiger partial charge in [0.05, 0.1) is 6.42 Å². The van der Waals surface area contributed by atoms with Crippen LogP contribution in [0.15, 0.2) is 24.3 Å².